The Hall–Kier alpha value is -2.79. The van der Waals surface area contributed by atoms with E-state index < -0.39 is 6.10 Å². The molecule has 1 N–H and O–H groups in total. The molecule has 0 unspecified atom stereocenters. The van der Waals surface area contributed by atoms with Crippen molar-refractivity contribution in [1.82, 2.24) is 15.1 Å². The number of rotatable bonds is 7. The number of amides is 1. The van der Waals surface area contributed by atoms with Gasteiger partial charge < -0.3 is 10.1 Å². The van der Waals surface area contributed by atoms with Crippen LogP contribution in [0.5, 0.6) is 5.75 Å². The number of para-hydroxylation sites is 1. The maximum atomic E-state index is 12.4. The van der Waals surface area contributed by atoms with Crippen LogP contribution in [0.2, 0.25) is 5.02 Å². The maximum Gasteiger partial charge on any atom is 0.261 e. The SMILES string of the molecule is Cc1nn(Cc2ccccc2)c(C)c1CNC(=O)[C@@H](C)Oc1ccccc1Cl. The molecule has 2 aromatic carbocycles. The minimum atomic E-state index is -0.653. The Labute approximate surface area is 170 Å². The number of ether oxygens (including phenoxy) is 1. The van der Waals surface area contributed by atoms with E-state index in [1.54, 1.807) is 19.1 Å². The number of nitrogens with zero attached hydrogens (tertiary/aromatic N) is 2. The topological polar surface area (TPSA) is 56.2 Å². The third-order valence-electron chi connectivity index (χ3n) is 4.66. The van der Waals surface area contributed by atoms with Crippen molar-refractivity contribution in [3.63, 3.8) is 0 Å². The van der Waals surface area contributed by atoms with Crippen molar-refractivity contribution in [2.75, 3.05) is 0 Å². The van der Waals surface area contributed by atoms with Crippen molar-refractivity contribution in [1.29, 1.82) is 0 Å². The van der Waals surface area contributed by atoms with Crippen molar-refractivity contribution < 1.29 is 9.53 Å². The summed E-state index contributed by atoms with van der Waals surface area (Å²) in [5.41, 5.74) is 4.16. The second-order valence-electron chi connectivity index (χ2n) is 6.70. The van der Waals surface area contributed by atoms with Gasteiger partial charge in [-0.15, -0.1) is 0 Å². The first-order chi connectivity index (χ1) is 13.5. The highest BCUT2D eigenvalue weighted by Crippen LogP contribution is 2.24. The van der Waals surface area contributed by atoms with E-state index in [0.29, 0.717) is 23.9 Å². The van der Waals surface area contributed by atoms with Crippen LogP contribution in [-0.2, 0) is 17.9 Å². The molecule has 0 aliphatic rings. The van der Waals surface area contributed by atoms with Gasteiger partial charge in [0, 0.05) is 17.8 Å². The molecule has 1 amide bonds. The van der Waals surface area contributed by atoms with Crippen LogP contribution in [0.15, 0.2) is 54.6 Å². The predicted molar refractivity (Wildman–Crippen MR) is 111 cm³/mol. The van der Waals surface area contributed by atoms with Crippen molar-refractivity contribution in [2.24, 2.45) is 0 Å². The summed E-state index contributed by atoms with van der Waals surface area (Å²) < 4.78 is 7.64. The van der Waals surface area contributed by atoms with Crippen molar-refractivity contribution in [3.05, 3.63) is 82.1 Å². The van der Waals surface area contributed by atoms with E-state index in [9.17, 15) is 4.79 Å². The number of carbonyl (C=O) groups is 1. The number of benzene rings is 2. The summed E-state index contributed by atoms with van der Waals surface area (Å²) in [7, 11) is 0. The molecule has 1 heterocycles. The number of hydrogen-bond acceptors (Lipinski definition) is 3. The molecule has 3 rings (SSSR count). The van der Waals surface area contributed by atoms with E-state index in [0.717, 1.165) is 17.0 Å². The summed E-state index contributed by atoms with van der Waals surface area (Å²) in [4.78, 5) is 12.4. The van der Waals surface area contributed by atoms with E-state index in [1.807, 2.05) is 48.9 Å². The van der Waals surface area contributed by atoms with Gasteiger partial charge >= 0.3 is 0 Å². The third-order valence-corrected chi connectivity index (χ3v) is 4.97. The molecular formula is C22H24ClN3O2. The second kappa shape index (κ2) is 8.93. The summed E-state index contributed by atoms with van der Waals surface area (Å²) in [5, 5.41) is 8.04. The van der Waals surface area contributed by atoms with E-state index in [2.05, 4.69) is 22.5 Å². The zero-order valence-corrected chi connectivity index (χ0v) is 17.0. The summed E-state index contributed by atoms with van der Waals surface area (Å²) in [6, 6.07) is 17.3. The average Bonchev–Trinajstić information content (AvgIpc) is 2.95. The van der Waals surface area contributed by atoms with Crippen molar-refractivity contribution in [3.8, 4) is 5.75 Å². The lowest BCUT2D eigenvalue weighted by Crippen LogP contribution is -2.36. The Balaban J connectivity index is 1.62. The molecular weight excluding hydrogens is 374 g/mol. The quantitative estimate of drug-likeness (QED) is 0.647. The highest BCUT2D eigenvalue weighted by Gasteiger charge is 2.18. The fourth-order valence-corrected chi connectivity index (χ4v) is 3.18. The van der Waals surface area contributed by atoms with Gasteiger partial charge in [0.15, 0.2) is 6.10 Å². The molecule has 1 atom stereocenters. The number of carbonyl (C=O) groups excluding carboxylic acids is 1. The normalized spacial score (nSPS) is 11.9. The van der Waals surface area contributed by atoms with Crippen molar-refractivity contribution in [2.45, 2.75) is 40.0 Å². The Morgan fingerprint density at radius 2 is 1.82 bits per heavy atom. The minimum absolute atomic E-state index is 0.200. The van der Waals surface area contributed by atoms with Crippen LogP contribution in [0, 0.1) is 13.8 Å². The molecule has 5 nitrogen and oxygen atoms in total. The third kappa shape index (κ3) is 4.73. The first kappa shape index (κ1) is 20.0. The van der Waals surface area contributed by atoms with E-state index >= 15 is 0 Å². The maximum absolute atomic E-state index is 12.4. The number of nitrogens with one attached hydrogen (secondary N) is 1. The summed E-state index contributed by atoms with van der Waals surface area (Å²) in [6.07, 6.45) is -0.653. The van der Waals surface area contributed by atoms with Gasteiger partial charge in [-0.3, -0.25) is 9.48 Å². The highest BCUT2D eigenvalue weighted by molar-refractivity contribution is 6.32. The van der Waals surface area contributed by atoms with Crippen LogP contribution in [0.3, 0.4) is 0 Å². The molecule has 3 aromatic rings. The van der Waals surface area contributed by atoms with E-state index in [1.165, 1.54) is 5.56 Å². The van der Waals surface area contributed by atoms with Gasteiger partial charge in [-0.2, -0.15) is 5.10 Å². The van der Waals surface area contributed by atoms with Gasteiger partial charge in [-0.05, 0) is 38.5 Å². The molecule has 0 aliphatic heterocycles. The molecule has 28 heavy (non-hydrogen) atoms. The van der Waals surface area contributed by atoms with Crippen molar-refractivity contribution >= 4 is 17.5 Å². The Bertz CT molecular complexity index is 954. The van der Waals surface area contributed by atoms with Gasteiger partial charge in [-0.1, -0.05) is 54.1 Å². The molecule has 1 aromatic heterocycles. The lowest BCUT2D eigenvalue weighted by Gasteiger charge is -2.15. The minimum Gasteiger partial charge on any atom is -0.479 e. The summed E-state index contributed by atoms with van der Waals surface area (Å²) >= 11 is 6.09. The number of aromatic nitrogens is 2. The lowest BCUT2D eigenvalue weighted by molar-refractivity contribution is -0.127. The second-order valence-corrected chi connectivity index (χ2v) is 7.11. The zero-order chi connectivity index (χ0) is 20.1. The first-order valence-electron chi connectivity index (χ1n) is 9.21. The van der Waals surface area contributed by atoms with E-state index in [4.69, 9.17) is 16.3 Å². The largest absolute Gasteiger partial charge is 0.479 e. The molecule has 0 fully saturated rings. The van der Waals surface area contributed by atoms with Gasteiger partial charge in [0.05, 0.1) is 17.3 Å². The predicted octanol–water partition coefficient (Wildman–Crippen LogP) is 4.29. The van der Waals surface area contributed by atoms with Gasteiger partial charge in [-0.25, -0.2) is 0 Å². The zero-order valence-electron chi connectivity index (χ0n) is 16.3. The van der Waals surface area contributed by atoms with Crippen LogP contribution >= 0.6 is 11.6 Å². The molecule has 6 heteroatoms. The van der Waals surface area contributed by atoms with Gasteiger partial charge in [0.25, 0.3) is 5.91 Å². The summed E-state index contributed by atoms with van der Waals surface area (Å²) in [6.45, 7) is 6.79. The van der Waals surface area contributed by atoms with Gasteiger partial charge in [0.2, 0.25) is 0 Å². The lowest BCUT2D eigenvalue weighted by atomic mass is 10.2. The molecule has 0 bridgehead atoms. The number of halogens is 1. The summed E-state index contributed by atoms with van der Waals surface area (Å²) in [5.74, 6) is 0.296. The number of hydrogen-bond donors (Lipinski definition) is 1. The Morgan fingerprint density at radius 1 is 1.14 bits per heavy atom. The molecule has 0 radical (unpaired) electrons. The average molecular weight is 398 g/mol. The van der Waals surface area contributed by atoms with Crippen LogP contribution < -0.4 is 10.1 Å². The molecule has 0 saturated heterocycles. The monoisotopic (exact) mass is 397 g/mol. The molecule has 0 saturated carbocycles. The fourth-order valence-electron chi connectivity index (χ4n) is 3.00. The highest BCUT2D eigenvalue weighted by atomic mass is 35.5. The Kier molecular flexibility index (Phi) is 6.37. The molecule has 0 spiro atoms. The van der Waals surface area contributed by atoms with Gasteiger partial charge in [0.1, 0.15) is 5.75 Å². The van der Waals surface area contributed by atoms with Crippen LogP contribution in [0.25, 0.3) is 0 Å². The smallest absolute Gasteiger partial charge is 0.261 e. The van der Waals surface area contributed by atoms with Crippen LogP contribution in [-0.4, -0.2) is 21.8 Å². The standard InChI is InChI=1S/C22H24ClN3O2/c1-15-19(16(2)26(25-15)14-18-9-5-4-6-10-18)13-24-22(27)17(3)28-21-12-8-7-11-20(21)23/h4-12,17H,13-14H2,1-3H3,(H,24,27)/t17-/m1/s1. The van der Waals surface area contributed by atoms with Crippen LogP contribution in [0.4, 0.5) is 0 Å². The Morgan fingerprint density at radius 3 is 2.54 bits per heavy atom. The molecule has 0 aliphatic carbocycles. The van der Waals surface area contributed by atoms with E-state index in [-0.39, 0.29) is 5.91 Å². The number of aryl methyl sites for hydroxylation is 1. The molecule has 146 valence electrons. The first-order valence-corrected chi connectivity index (χ1v) is 9.59. The fraction of sp³-hybridized carbons (Fsp3) is 0.273. The van der Waals surface area contributed by atoms with Crippen LogP contribution in [0.1, 0.15) is 29.4 Å².